The van der Waals surface area contributed by atoms with E-state index in [2.05, 4.69) is 0 Å². The molecular weight excluding hydrogens is 356 g/mol. The maximum atomic E-state index is 6.32. The molecule has 0 radical (unpaired) electrons. The lowest BCUT2D eigenvalue weighted by molar-refractivity contribution is -0.114. The lowest BCUT2D eigenvalue weighted by Crippen LogP contribution is -2.56. The van der Waals surface area contributed by atoms with Gasteiger partial charge in [-0.15, -0.1) is 0 Å². The Morgan fingerprint density at radius 1 is 0.593 bits per heavy atom. The molecule has 2 rings (SSSR count). The van der Waals surface area contributed by atoms with Crippen LogP contribution in [0.3, 0.4) is 0 Å². The summed E-state index contributed by atoms with van der Waals surface area (Å²) in [5.74, 6) is 0. The average molecular weight is 389 g/mol. The van der Waals surface area contributed by atoms with Gasteiger partial charge < -0.3 is 17.7 Å². The van der Waals surface area contributed by atoms with Crippen LogP contribution in [0.5, 0.6) is 0 Å². The molecule has 2 aromatic rings. The van der Waals surface area contributed by atoms with E-state index in [0.29, 0.717) is 13.2 Å². The van der Waals surface area contributed by atoms with Gasteiger partial charge in [0.05, 0.1) is 24.4 Å². The van der Waals surface area contributed by atoms with Crippen molar-refractivity contribution in [3.05, 3.63) is 71.8 Å². The molecule has 0 saturated heterocycles. The molecule has 0 aliphatic heterocycles. The van der Waals surface area contributed by atoms with Crippen molar-refractivity contribution in [3.8, 4) is 0 Å². The van der Waals surface area contributed by atoms with Crippen LogP contribution in [0.2, 0.25) is 0 Å². The van der Waals surface area contributed by atoms with E-state index in [1.54, 1.807) is 0 Å². The maximum Gasteiger partial charge on any atom is 0.681 e. The second-order valence-corrected chi connectivity index (χ2v) is 10.5. The largest absolute Gasteiger partial charge is 0.681 e. The second-order valence-electron chi connectivity index (χ2n) is 8.48. The first-order chi connectivity index (χ1) is 12.6. The average Bonchev–Trinajstić information content (AvgIpc) is 2.57. The molecule has 4 nitrogen and oxygen atoms in total. The lowest BCUT2D eigenvalue weighted by atomic mass is 10.2. The molecule has 0 aliphatic carbocycles. The zero-order valence-electron chi connectivity index (χ0n) is 17.3. The summed E-state index contributed by atoms with van der Waals surface area (Å²) in [4.78, 5) is 0. The molecule has 0 atom stereocenters. The van der Waals surface area contributed by atoms with Crippen LogP contribution in [0.25, 0.3) is 0 Å². The van der Waals surface area contributed by atoms with Crippen LogP contribution in [0.4, 0.5) is 0 Å². The van der Waals surface area contributed by atoms with Gasteiger partial charge in [-0.3, -0.25) is 0 Å². The maximum absolute atomic E-state index is 6.32. The van der Waals surface area contributed by atoms with Gasteiger partial charge in [0.2, 0.25) is 0 Å². The Kier molecular flexibility index (Phi) is 7.37. The molecule has 0 saturated carbocycles. The molecule has 0 aliphatic rings. The summed E-state index contributed by atoms with van der Waals surface area (Å²) in [6.45, 7) is 12.6. The Labute approximate surface area is 164 Å². The zero-order chi connectivity index (χ0) is 20.0. The van der Waals surface area contributed by atoms with E-state index in [0.717, 1.165) is 11.1 Å². The molecule has 0 bridgehead atoms. The summed E-state index contributed by atoms with van der Waals surface area (Å²) in [6, 6.07) is 20.0. The van der Waals surface area contributed by atoms with Gasteiger partial charge in [-0.1, -0.05) is 60.7 Å². The summed E-state index contributed by atoms with van der Waals surface area (Å²) in [7, 11) is -3.43. The van der Waals surface area contributed by atoms with Crippen LogP contribution in [-0.4, -0.2) is 20.3 Å². The van der Waals surface area contributed by atoms with Gasteiger partial charge in [0.15, 0.2) is 0 Å². The van der Waals surface area contributed by atoms with Crippen molar-refractivity contribution >= 4 is 9.05 Å². The highest BCUT2D eigenvalue weighted by molar-refractivity contribution is 6.53. The van der Waals surface area contributed by atoms with E-state index in [1.165, 1.54) is 0 Å². The highest BCUT2D eigenvalue weighted by atomic mass is 28.4. The summed E-state index contributed by atoms with van der Waals surface area (Å²) >= 11 is 0. The minimum Gasteiger partial charge on any atom is -0.347 e. The standard InChI is InChI=1S/C22H32O4Si/c1-21(2,3)25-27(26-22(4,5)6,23-17-19-13-9-7-10-14-19)24-18-20-15-11-8-12-16-20/h7-16H,17-18H2,1-6H3. The first-order valence-corrected chi connectivity index (χ1v) is 11.0. The molecular formula is C22H32O4Si. The van der Waals surface area contributed by atoms with Crippen LogP contribution in [0, 0.1) is 0 Å². The van der Waals surface area contributed by atoms with Crippen LogP contribution in [0.15, 0.2) is 60.7 Å². The zero-order valence-corrected chi connectivity index (χ0v) is 18.3. The Balaban J connectivity index is 2.25. The third kappa shape index (κ3) is 8.37. The molecule has 148 valence electrons. The molecule has 0 N–H and O–H groups in total. The number of hydrogen-bond acceptors (Lipinski definition) is 4. The van der Waals surface area contributed by atoms with E-state index < -0.39 is 20.3 Å². The van der Waals surface area contributed by atoms with Crippen molar-refractivity contribution in [1.29, 1.82) is 0 Å². The highest BCUT2D eigenvalue weighted by Crippen LogP contribution is 2.28. The summed E-state index contributed by atoms with van der Waals surface area (Å²) in [6.07, 6.45) is 0. The van der Waals surface area contributed by atoms with E-state index in [1.807, 2.05) is 102 Å². The fourth-order valence-electron chi connectivity index (χ4n) is 2.42. The molecule has 0 spiro atoms. The number of rotatable bonds is 8. The van der Waals surface area contributed by atoms with Crippen LogP contribution in [-0.2, 0) is 30.9 Å². The molecule has 0 heterocycles. The van der Waals surface area contributed by atoms with Crippen molar-refractivity contribution in [2.24, 2.45) is 0 Å². The summed E-state index contributed by atoms with van der Waals surface area (Å²) < 4.78 is 25.2. The number of benzene rings is 2. The predicted molar refractivity (Wildman–Crippen MR) is 110 cm³/mol. The molecule has 27 heavy (non-hydrogen) atoms. The quantitative estimate of drug-likeness (QED) is 0.561. The monoisotopic (exact) mass is 388 g/mol. The molecule has 5 heteroatoms. The van der Waals surface area contributed by atoms with Gasteiger partial charge in [-0.05, 0) is 52.7 Å². The van der Waals surface area contributed by atoms with Crippen molar-refractivity contribution in [3.63, 3.8) is 0 Å². The van der Waals surface area contributed by atoms with Crippen LogP contribution >= 0.6 is 0 Å². The van der Waals surface area contributed by atoms with Gasteiger partial charge in [-0.25, -0.2) is 0 Å². The summed E-state index contributed by atoms with van der Waals surface area (Å²) in [5, 5.41) is 0. The molecule has 0 fully saturated rings. The van der Waals surface area contributed by atoms with Crippen LogP contribution in [0.1, 0.15) is 52.7 Å². The topological polar surface area (TPSA) is 36.9 Å². The smallest absolute Gasteiger partial charge is 0.347 e. The number of hydrogen-bond donors (Lipinski definition) is 0. The van der Waals surface area contributed by atoms with Crippen molar-refractivity contribution in [1.82, 2.24) is 0 Å². The normalized spacial score (nSPS) is 13.0. The van der Waals surface area contributed by atoms with Gasteiger partial charge in [0, 0.05) is 0 Å². The summed E-state index contributed by atoms with van der Waals surface area (Å²) in [5.41, 5.74) is 1.16. The third-order valence-electron chi connectivity index (χ3n) is 3.38. The molecule has 0 aromatic heterocycles. The molecule has 0 unspecified atom stereocenters. The third-order valence-corrected chi connectivity index (χ3v) is 6.10. The predicted octanol–water partition coefficient (Wildman–Crippen LogP) is 5.49. The van der Waals surface area contributed by atoms with Gasteiger partial charge >= 0.3 is 9.05 Å². The minimum absolute atomic E-state index is 0.369. The fraction of sp³-hybridized carbons (Fsp3) is 0.455. The van der Waals surface area contributed by atoms with Gasteiger partial charge in [-0.2, -0.15) is 0 Å². The lowest BCUT2D eigenvalue weighted by Gasteiger charge is -2.38. The Morgan fingerprint density at radius 2 is 0.926 bits per heavy atom. The van der Waals surface area contributed by atoms with Crippen molar-refractivity contribution < 1.29 is 17.7 Å². The van der Waals surface area contributed by atoms with Crippen molar-refractivity contribution in [2.45, 2.75) is 66.0 Å². The first-order valence-electron chi connectivity index (χ1n) is 9.33. The van der Waals surface area contributed by atoms with E-state index in [4.69, 9.17) is 17.7 Å². The second kappa shape index (κ2) is 9.13. The molecule has 0 amide bonds. The Morgan fingerprint density at radius 3 is 1.22 bits per heavy atom. The first kappa shape index (κ1) is 21.8. The van der Waals surface area contributed by atoms with Crippen molar-refractivity contribution in [2.75, 3.05) is 0 Å². The highest BCUT2D eigenvalue weighted by Gasteiger charge is 2.52. The SMILES string of the molecule is CC(C)(C)O[Si](OCc1ccccc1)(OCc1ccccc1)OC(C)(C)C. The van der Waals surface area contributed by atoms with E-state index in [9.17, 15) is 0 Å². The fourth-order valence-corrected chi connectivity index (χ4v) is 4.97. The van der Waals surface area contributed by atoms with E-state index >= 15 is 0 Å². The van der Waals surface area contributed by atoms with E-state index in [-0.39, 0.29) is 0 Å². The Bertz CT molecular complexity index is 613. The van der Waals surface area contributed by atoms with Gasteiger partial charge in [0.25, 0.3) is 0 Å². The Hall–Kier alpha value is -1.50. The minimum atomic E-state index is -3.43. The molecule has 2 aromatic carbocycles. The van der Waals surface area contributed by atoms with Gasteiger partial charge in [0.1, 0.15) is 0 Å². The van der Waals surface area contributed by atoms with Crippen LogP contribution < -0.4 is 0 Å².